The molecule has 114 valence electrons. The van der Waals surface area contributed by atoms with Gasteiger partial charge < -0.3 is 19.4 Å². The molecule has 0 aliphatic rings. The lowest BCUT2D eigenvalue weighted by Gasteiger charge is -2.20. The normalized spacial score (nSPS) is 11.3. The monoisotopic (exact) mass is 282 g/mol. The maximum atomic E-state index is 11.4. The van der Waals surface area contributed by atoms with Crippen LogP contribution in [0.5, 0.6) is 0 Å². The first-order chi connectivity index (χ1) is 9.56. The molecule has 0 aromatic carbocycles. The Balaban J connectivity index is 2.19. The van der Waals surface area contributed by atoms with E-state index in [1.165, 1.54) is 13.4 Å². The van der Waals surface area contributed by atoms with E-state index >= 15 is 0 Å². The number of unbranched alkanes of at least 4 members (excludes halogenated alkanes) is 1. The molecule has 5 heteroatoms. The smallest absolute Gasteiger partial charge is 0.374 e. The summed E-state index contributed by atoms with van der Waals surface area (Å²) < 4.78 is 9.79. The first-order valence-corrected chi connectivity index (χ1v) is 7.12. The number of rotatable bonds is 9. The van der Waals surface area contributed by atoms with Crippen LogP contribution in [-0.4, -0.2) is 44.2 Å². The van der Waals surface area contributed by atoms with Crippen molar-refractivity contribution in [3.05, 3.63) is 23.7 Å². The number of carbonyl (C=O) groups is 1. The van der Waals surface area contributed by atoms with Gasteiger partial charge in [0.25, 0.3) is 0 Å². The van der Waals surface area contributed by atoms with Gasteiger partial charge >= 0.3 is 5.97 Å². The first kappa shape index (κ1) is 16.7. The van der Waals surface area contributed by atoms with Gasteiger partial charge in [0.15, 0.2) is 0 Å². The fraction of sp³-hybridized carbons (Fsp3) is 0.667. The summed E-state index contributed by atoms with van der Waals surface area (Å²) in [6.07, 6.45) is 3.79. The van der Waals surface area contributed by atoms with Crippen LogP contribution in [0.1, 0.15) is 42.8 Å². The van der Waals surface area contributed by atoms with E-state index in [4.69, 9.17) is 4.42 Å². The molecule has 0 aliphatic heterocycles. The van der Waals surface area contributed by atoms with E-state index in [1.54, 1.807) is 6.07 Å². The Morgan fingerprint density at radius 3 is 2.85 bits per heavy atom. The molecule has 1 aromatic heterocycles. The molecule has 5 nitrogen and oxygen atoms in total. The zero-order valence-corrected chi connectivity index (χ0v) is 12.9. The standard InChI is InChI=1S/C15H26N2O3/c1-12(2)17(3)9-6-5-8-16-11-13-7-10-20-14(13)15(18)19-4/h7,10,12,16H,5-6,8-9,11H2,1-4H3. The van der Waals surface area contributed by atoms with Gasteiger partial charge in [0.1, 0.15) is 0 Å². The molecule has 1 N–H and O–H groups in total. The van der Waals surface area contributed by atoms with Crippen LogP contribution in [0, 0.1) is 0 Å². The quantitative estimate of drug-likeness (QED) is 0.556. The van der Waals surface area contributed by atoms with Crippen molar-refractivity contribution < 1.29 is 13.9 Å². The van der Waals surface area contributed by atoms with Crippen molar-refractivity contribution in [1.29, 1.82) is 0 Å². The number of hydrogen-bond donors (Lipinski definition) is 1. The number of methoxy groups -OCH3 is 1. The third-order valence-electron chi connectivity index (χ3n) is 3.43. The molecule has 0 amide bonds. The third kappa shape index (κ3) is 5.35. The molecule has 0 radical (unpaired) electrons. The van der Waals surface area contributed by atoms with Crippen LogP contribution < -0.4 is 5.32 Å². The van der Waals surface area contributed by atoms with Crippen LogP contribution in [0.15, 0.2) is 16.7 Å². The van der Waals surface area contributed by atoms with Crippen LogP contribution in [0.4, 0.5) is 0 Å². The van der Waals surface area contributed by atoms with Crippen LogP contribution >= 0.6 is 0 Å². The highest BCUT2D eigenvalue weighted by Crippen LogP contribution is 2.11. The second-order valence-electron chi connectivity index (χ2n) is 5.22. The minimum atomic E-state index is -0.426. The number of hydrogen-bond acceptors (Lipinski definition) is 5. The number of carbonyl (C=O) groups excluding carboxylic acids is 1. The van der Waals surface area contributed by atoms with Gasteiger partial charge in [0.2, 0.25) is 5.76 Å². The average molecular weight is 282 g/mol. The molecule has 0 saturated heterocycles. The lowest BCUT2D eigenvalue weighted by molar-refractivity contribution is 0.0563. The molecule has 1 heterocycles. The predicted molar refractivity (Wildman–Crippen MR) is 78.8 cm³/mol. The molecule has 0 unspecified atom stereocenters. The Bertz CT molecular complexity index is 402. The summed E-state index contributed by atoms with van der Waals surface area (Å²) in [6, 6.07) is 2.39. The van der Waals surface area contributed by atoms with E-state index in [0.717, 1.165) is 31.5 Å². The highest BCUT2D eigenvalue weighted by atomic mass is 16.5. The molecule has 0 spiro atoms. The molecular weight excluding hydrogens is 256 g/mol. The van der Waals surface area contributed by atoms with Crippen LogP contribution in [0.2, 0.25) is 0 Å². The van der Waals surface area contributed by atoms with Gasteiger partial charge in [-0.05, 0) is 52.9 Å². The molecule has 0 aliphatic carbocycles. The summed E-state index contributed by atoms with van der Waals surface area (Å²) in [4.78, 5) is 13.8. The van der Waals surface area contributed by atoms with Crippen LogP contribution in [-0.2, 0) is 11.3 Å². The highest BCUT2D eigenvalue weighted by molar-refractivity contribution is 5.87. The van der Waals surface area contributed by atoms with Crippen molar-refractivity contribution >= 4 is 5.97 Å². The summed E-state index contributed by atoms with van der Waals surface area (Å²) in [5.74, 6) is -0.134. The number of nitrogens with one attached hydrogen (secondary N) is 1. The minimum Gasteiger partial charge on any atom is -0.463 e. The van der Waals surface area contributed by atoms with Crippen molar-refractivity contribution in [2.75, 3.05) is 27.2 Å². The molecule has 20 heavy (non-hydrogen) atoms. The van der Waals surface area contributed by atoms with Crippen molar-refractivity contribution in [3.8, 4) is 0 Å². The van der Waals surface area contributed by atoms with Crippen LogP contribution in [0.25, 0.3) is 0 Å². The van der Waals surface area contributed by atoms with Gasteiger partial charge in [-0.3, -0.25) is 0 Å². The number of furan rings is 1. The predicted octanol–water partition coefficient (Wildman–Crippen LogP) is 2.28. The van der Waals surface area contributed by atoms with Gasteiger partial charge in [-0.2, -0.15) is 0 Å². The number of nitrogens with zero attached hydrogens (tertiary/aromatic N) is 1. The van der Waals surface area contributed by atoms with E-state index in [9.17, 15) is 4.79 Å². The Morgan fingerprint density at radius 1 is 1.45 bits per heavy atom. The maximum Gasteiger partial charge on any atom is 0.374 e. The highest BCUT2D eigenvalue weighted by Gasteiger charge is 2.14. The number of esters is 1. The zero-order valence-electron chi connectivity index (χ0n) is 12.9. The SMILES string of the molecule is COC(=O)c1occc1CNCCCCN(C)C(C)C. The summed E-state index contributed by atoms with van der Waals surface area (Å²) in [6.45, 7) is 7.06. The Labute approximate surface area is 121 Å². The van der Waals surface area contributed by atoms with Gasteiger partial charge in [0.05, 0.1) is 13.4 Å². The van der Waals surface area contributed by atoms with Gasteiger partial charge in [-0.1, -0.05) is 0 Å². The molecular formula is C15H26N2O3. The summed E-state index contributed by atoms with van der Waals surface area (Å²) in [7, 11) is 3.50. The second-order valence-corrected chi connectivity index (χ2v) is 5.22. The maximum absolute atomic E-state index is 11.4. The van der Waals surface area contributed by atoms with Crippen LogP contribution in [0.3, 0.4) is 0 Å². The zero-order chi connectivity index (χ0) is 15.0. The summed E-state index contributed by atoms with van der Waals surface area (Å²) in [5, 5.41) is 3.32. The summed E-state index contributed by atoms with van der Waals surface area (Å²) >= 11 is 0. The van der Waals surface area contributed by atoms with Gasteiger partial charge in [0, 0.05) is 18.2 Å². The minimum absolute atomic E-state index is 0.291. The average Bonchev–Trinajstić information content (AvgIpc) is 2.89. The van der Waals surface area contributed by atoms with Gasteiger partial charge in [-0.15, -0.1) is 0 Å². The Kier molecular flexibility index (Phi) is 7.33. The largest absolute Gasteiger partial charge is 0.463 e. The van der Waals surface area contributed by atoms with Crippen molar-refractivity contribution in [2.24, 2.45) is 0 Å². The van der Waals surface area contributed by atoms with Crippen molar-refractivity contribution in [2.45, 2.75) is 39.3 Å². The van der Waals surface area contributed by atoms with E-state index in [2.05, 4.69) is 35.8 Å². The molecule has 0 bridgehead atoms. The molecule has 0 fully saturated rings. The van der Waals surface area contributed by atoms with Crippen molar-refractivity contribution in [1.82, 2.24) is 10.2 Å². The fourth-order valence-corrected chi connectivity index (χ4v) is 1.84. The van der Waals surface area contributed by atoms with E-state index < -0.39 is 5.97 Å². The van der Waals surface area contributed by atoms with Crippen molar-refractivity contribution in [3.63, 3.8) is 0 Å². The topological polar surface area (TPSA) is 54.7 Å². The molecule has 1 rings (SSSR count). The third-order valence-corrected chi connectivity index (χ3v) is 3.43. The fourth-order valence-electron chi connectivity index (χ4n) is 1.84. The summed E-state index contributed by atoms with van der Waals surface area (Å²) in [5.41, 5.74) is 0.844. The second kappa shape index (κ2) is 8.76. The number of ether oxygens (including phenoxy) is 1. The van der Waals surface area contributed by atoms with E-state index in [0.29, 0.717) is 18.3 Å². The first-order valence-electron chi connectivity index (χ1n) is 7.12. The Hall–Kier alpha value is -1.33. The Morgan fingerprint density at radius 2 is 2.20 bits per heavy atom. The van der Waals surface area contributed by atoms with E-state index in [1.807, 2.05) is 0 Å². The molecule has 0 saturated carbocycles. The molecule has 0 atom stereocenters. The van der Waals surface area contributed by atoms with E-state index in [-0.39, 0.29) is 0 Å². The lowest BCUT2D eigenvalue weighted by atomic mass is 10.2. The lowest BCUT2D eigenvalue weighted by Crippen LogP contribution is -2.27. The molecule has 1 aromatic rings. The van der Waals surface area contributed by atoms with Gasteiger partial charge in [-0.25, -0.2) is 4.79 Å².